The number of nitrogens with two attached hydrogens (primary N) is 1. The Hall–Kier alpha value is -6.87. The lowest BCUT2D eigenvalue weighted by Gasteiger charge is -2.43. The number of benzene rings is 2. The number of nitrogens with zero attached hydrogens (tertiary/aromatic N) is 10. The molecule has 5 N–H and O–H groups in total. The average molecular weight is 1120 g/mol. The highest BCUT2D eigenvalue weighted by Gasteiger charge is 2.45. The predicted molar refractivity (Wildman–Crippen MR) is 311 cm³/mol. The van der Waals surface area contributed by atoms with Crippen molar-refractivity contribution in [3.05, 3.63) is 102 Å². The van der Waals surface area contributed by atoms with Crippen molar-refractivity contribution in [1.29, 1.82) is 0 Å². The standard InChI is InChI=1S/C61H76N12O7S/c1-36(2)57(61(77)72-34-45(74)26-52(72)60(76)65-37(3)40-9-11-41(12-10-40)58-38(4)64-35-81-58)54-30-55(68-80-54)70-23-16-39(17-24-70)31-69-21-18-46(19-22-69)78-47-27-48(28-47)79-56-25-42(15-20-63-56)73-43-13-14-44(73)33-71(32-43)51-29-50(66-67-59(51)62)49-7-5-6-8-53(49)75/h5-12,15,20,25,29-30,35-37,39,43-48,52,57,74-75H,13-14,16-19,21-24,26-28,31-34H2,1-4H3,(H2,62,67)(H,65,76)/t37-,43?,44?,45+,47-,48-,52-,57+/m0/s1. The van der Waals surface area contributed by atoms with E-state index in [0.29, 0.717) is 46.7 Å². The van der Waals surface area contributed by atoms with Crippen LogP contribution in [0, 0.1) is 18.8 Å². The normalized spacial score (nSPS) is 24.4. The number of nitrogen functional groups attached to an aromatic ring is 1. The molecule has 0 radical (unpaired) electrons. The highest BCUT2D eigenvalue weighted by Crippen LogP contribution is 2.41. The van der Waals surface area contributed by atoms with Crippen molar-refractivity contribution in [3.63, 3.8) is 0 Å². The third-order valence-corrected chi connectivity index (χ3v) is 18.9. The number of aryl methyl sites for hydroxylation is 1. The highest BCUT2D eigenvalue weighted by atomic mass is 32.1. The lowest BCUT2D eigenvalue weighted by Crippen LogP contribution is -2.54. The number of fused-ring (bicyclic) bond motifs is 2. The Kier molecular flexibility index (Phi) is 15.9. The van der Waals surface area contributed by atoms with Crippen LogP contribution in [0.3, 0.4) is 0 Å². The third kappa shape index (κ3) is 11.8. The van der Waals surface area contributed by atoms with E-state index in [1.807, 2.05) is 87.9 Å². The van der Waals surface area contributed by atoms with Crippen LogP contribution in [0.15, 0.2) is 89.0 Å². The maximum atomic E-state index is 14.4. The number of nitrogens with one attached hydrogen (secondary N) is 1. The number of aliphatic hydroxyl groups is 1. The number of aromatic hydroxyl groups is 1. The number of thiazole rings is 1. The molecule has 6 aliphatic rings. The lowest BCUT2D eigenvalue weighted by molar-refractivity contribution is -0.141. The van der Waals surface area contributed by atoms with Crippen molar-refractivity contribution in [3.8, 4) is 33.3 Å². The van der Waals surface area contributed by atoms with Gasteiger partial charge in [0.15, 0.2) is 17.4 Å². The number of para-hydroxylation sites is 1. The molecule has 1 saturated carbocycles. The summed E-state index contributed by atoms with van der Waals surface area (Å²) in [4.78, 5) is 49.6. The molecule has 81 heavy (non-hydrogen) atoms. The summed E-state index contributed by atoms with van der Waals surface area (Å²) < 4.78 is 19.1. The Balaban J connectivity index is 0.564. The molecule has 2 unspecified atom stereocenters. The van der Waals surface area contributed by atoms with Gasteiger partial charge < -0.3 is 59.8 Å². The summed E-state index contributed by atoms with van der Waals surface area (Å²) in [5, 5.41) is 37.5. The number of anilines is 4. The van der Waals surface area contributed by atoms with Gasteiger partial charge in [0.2, 0.25) is 17.7 Å². The number of phenols is 1. The number of amides is 2. The van der Waals surface area contributed by atoms with Gasteiger partial charge in [-0.1, -0.05) is 55.4 Å². The van der Waals surface area contributed by atoms with Gasteiger partial charge in [0.25, 0.3) is 0 Å². The second-order valence-electron chi connectivity index (χ2n) is 23.8. The molecule has 2 bridgehead atoms. The van der Waals surface area contributed by atoms with Crippen LogP contribution in [0.1, 0.15) is 108 Å². The molecule has 6 fully saturated rings. The zero-order valence-electron chi connectivity index (χ0n) is 46.8. The zero-order valence-corrected chi connectivity index (χ0v) is 47.7. The van der Waals surface area contributed by atoms with Crippen molar-refractivity contribution in [2.45, 2.75) is 140 Å². The molecule has 5 saturated heterocycles. The van der Waals surface area contributed by atoms with Gasteiger partial charge in [0.1, 0.15) is 23.8 Å². The molecule has 19 nitrogen and oxygen atoms in total. The van der Waals surface area contributed by atoms with Crippen LogP contribution in [-0.4, -0.2) is 152 Å². The Morgan fingerprint density at radius 3 is 2.31 bits per heavy atom. The Morgan fingerprint density at radius 2 is 1.59 bits per heavy atom. The van der Waals surface area contributed by atoms with Crippen molar-refractivity contribution < 1.29 is 33.8 Å². The molecule has 12 rings (SSSR count). The number of ether oxygens (including phenoxy) is 2. The summed E-state index contributed by atoms with van der Waals surface area (Å²) in [5.74, 6) is 1.72. The minimum absolute atomic E-state index is 0.0845. The van der Waals surface area contributed by atoms with Gasteiger partial charge in [-0.05, 0) is 99.6 Å². The summed E-state index contributed by atoms with van der Waals surface area (Å²) in [6, 6.07) is 22.8. The number of carbonyl (C=O) groups excluding carboxylic acids is 2. The van der Waals surface area contributed by atoms with Crippen LogP contribution in [0.4, 0.5) is 23.0 Å². The number of piperidine rings is 2. The molecule has 6 atom stereocenters. The minimum Gasteiger partial charge on any atom is -0.507 e. The van der Waals surface area contributed by atoms with E-state index in [9.17, 15) is 19.8 Å². The van der Waals surface area contributed by atoms with Gasteiger partial charge in [-0.3, -0.25) is 9.59 Å². The van der Waals surface area contributed by atoms with Crippen LogP contribution in [0.2, 0.25) is 0 Å². The first-order valence-electron chi connectivity index (χ1n) is 29.2. The number of aliphatic hydroxyl groups excluding tert-OH is 1. The molecule has 20 heteroatoms. The van der Waals surface area contributed by atoms with E-state index in [1.54, 1.807) is 23.5 Å². The number of rotatable bonds is 17. The topological polar surface area (TPSA) is 225 Å². The highest BCUT2D eigenvalue weighted by molar-refractivity contribution is 7.13. The summed E-state index contributed by atoms with van der Waals surface area (Å²) in [6.45, 7) is 14.4. The molecular weight excluding hydrogens is 1040 g/mol. The van der Waals surface area contributed by atoms with Crippen LogP contribution in [0.25, 0.3) is 21.7 Å². The quantitative estimate of drug-likeness (QED) is 0.0679. The molecule has 0 spiro atoms. The maximum Gasteiger partial charge on any atom is 0.243 e. The van der Waals surface area contributed by atoms with Crippen molar-refractivity contribution >= 4 is 46.2 Å². The number of phenolic OH excluding ortho intramolecular Hbond substituents is 1. The number of aromatic nitrogens is 5. The van der Waals surface area contributed by atoms with Crippen LogP contribution >= 0.6 is 11.3 Å². The fraction of sp³-hybridized carbons (Fsp3) is 0.525. The van der Waals surface area contributed by atoms with Gasteiger partial charge >= 0.3 is 0 Å². The van der Waals surface area contributed by atoms with Crippen molar-refractivity contribution in [1.82, 2.24) is 40.4 Å². The fourth-order valence-electron chi connectivity index (χ4n) is 13.4. The van der Waals surface area contributed by atoms with Gasteiger partial charge in [-0.25, -0.2) is 9.97 Å². The number of likely N-dealkylation sites (tertiary alicyclic amines) is 2. The second-order valence-corrected chi connectivity index (χ2v) is 24.6. The first-order valence-corrected chi connectivity index (χ1v) is 30.1. The molecule has 1 aliphatic carbocycles. The molecule has 2 aromatic carbocycles. The minimum atomic E-state index is -0.803. The maximum absolute atomic E-state index is 14.4. The number of β-amino-alcohol motifs (C(OH)–C–C–N with tert-alkyl or cyclic N) is 1. The van der Waals surface area contributed by atoms with E-state index in [-0.39, 0.29) is 60.8 Å². The third-order valence-electron chi connectivity index (χ3n) is 17.9. The summed E-state index contributed by atoms with van der Waals surface area (Å²) >= 11 is 1.60. The van der Waals surface area contributed by atoms with E-state index < -0.39 is 18.1 Å². The van der Waals surface area contributed by atoms with Gasteiger partial charge in [-0.2, -0.15) is 0 Å². The average Bonchev–Trinajstić information content (AvgIpc) is 4.28. The molecule has 6 aromatic rings. The first-order chi connectivity index (χ1) is 39.3. The van der Waals surface area contributed by atoms with Crippen molar-refractivity contribution in [2.24, 2.45) is 11.8 Å². The number of carbonyl (C=O) groups is 2. The summed E-state index contributed by atoms with van der Waals surface area (Å²) in [5.41, 5.74) is 14.5. The number of hydrogen-bond acceptors (Lipinski definition) is 18. The fourth-order valence-corrected chi connectivity index (χ4v) is 14.2. The Bertz CT molecular complexity index is 3140. The molecule has 5 aliphatic heterocycles. The largest absolute Gasteiger partial charge is 0.507 e. The second kappa shape index (κ2) is 23.5. The van der Waals surface area contributed by atoms with Crippen LogP contribution in [-0.2, 0) is 14.3 Å². The van der Waals surface area contributed by atoms with E-state index in [1.165, 1.54) is 4.90 Å². The number of pyridine rings is 1. The van der Waals surface area contributed by atoms with Gasteiger partial charge in [0.05, 0.1) is 51.8 Å². The van der Waals surface area contributed by atoms with Gasteiger partial charge in [-0.15, -0.1) is 21.5 Å². The molecular formula is C61H76N12O7S. The van der Waals surface area contributed by atoms with E-state index in [4.69, 9.17) is 19.7 Å². The smallest absolute Gasteiger partial charge is 0.243 e. The monoisotopic (exact) mass is 1120 g/mol. The van der Waals surface area contributed by atoms with Crippen LogP contribution < -0.4 is 30.5 Å². The van der Waals surface area contributed by atoms with E-state index in [0.717, 1.165) is 136 Å². The van der Waals surface area contributed by atoms with Crippen LogP contribution in [0.5, 0.6) is 11.6 Å². The van der Waals surface area contributed by atoms with Gasteiger partial charge in [0, 0.05) is 113 Å². The molecule has 2 amide bonds. The Morgan fingerprint density at radius 1 is 0.840 bits per heavy atom. The molecule has 428 valence electrons. The van der Waals surface area contributed by atoms with E-state index >= 15 is 0 Å². The summed E-state index contributed by atoms with van der Waals surface area (Å²) in [7, 11) is 0. The Labute approximate surface area is 477 Å². The molecule has 4 aromatic heterocycles. The predicted octanol–water partition coefficient (Wildman–Crippen LogP) is 7.99. The van der Waals surface area contributed by atoms with Crippen molar-refractivity contribution in [2.75, 3.05) is 72.8 Å². The SMILES string of the molecule is Cc1ncsc1-c1ccc([C@H](C)NC(=O)[C@@H]2C[C@@H](O)CN2C(=O)[C@@H](c2cc(N3CCC(CN4CCC(O[C@H]5C[C@H](Oc6cc(N7C8CCC7CN(c7cc(-c9ccccc9O)nnc7N)C8)ccn6)C5)CC4)CC3)no2)C(C)C)cc1. The first kappa shape index (κ1) is 54.7. The van der Waals surface area contributed by atoms with E-state index in [2.05, 4.69) is 62.4 Å². The number of piperazine rings is 1. The zero-order chi connectivity index (χ0) is 55.9. The number of hydrogen-bond donors (Lipinski definition) is 4. The summed E-state index contributed by atoms with van der Waals surface area (Å²) in [6.07, 6.45) is 9.84. The molecule has 9 heterocycles. The lowest BCUT2D eigenvalue weighted by atomic mass is 9.91.